The Morgan fingerprint density at radius 3 is 1.41 bits per heavy atom. The standard InChI is InChI=1S/C40H44N2O4S5/c1-5-45-35(43)15-11-7-9-13-27-23-33(49-39(27)31-21-17-25(3)47-31)29-19-20-30(38-37(29)41-51-42-38)34-24-28(14-10-8-12-16-36(44)46-6-2)40(50-34)32-22-18-26(4)48-32/h17-24H,5-16H2,1-4H3. The summed E-state index contributed by atoms with van der Waals surface area (Å²) in [7, 11) is 0. The third kappa shape index (κ3) is 9.42. The quantitative estimate of drug-likeness (QED) is 0.0639. The van der Waals surface area contributed by atoms with Crippen LogP contribution in [0.25, 0.3) is 51.4 Å². The molecule has 0 bridgehead atoms. The minimum Gasteiger partial charge on any atom is -0.466 e. The van der Waals surface area contributed by atoms with Crippen molar-refractivity contribution in [3.05, 3.63) is 69.4 Å². The van der Waals surface area contributed by atoms with Crippen molar-refractivity contribution < 1.29 is 19.1 Å². The Bertz CT molecular complexity index is 1940. The molecule has 0 aliphatic heterocycles. The van der Waals surface area contributed by atoms with Crippen molar-refractivity contribution >= 4 is 80.0 Å². The highest BCUT2D eigenvalue weighted by Crippen LogP contribution is 2.47. The van der Waals surface area contributed by atoms with Crippen LogP contribution in [0, 0.1) is 13.8 Å². The summed E-state index contributed by atoms with van der Waals surface area (Å²) in [6.45, 7) is 8.90. The van der Waals surface area contributed by atoms with Crippen molar-refractivity contribution in [2.75, 3.05) is 13.2 Å². The number of rotatable bonds is 18. The predicted molar refractivity (Wildman–Crippen MR) is 218 cm³/mol. The first-order chi connectivity index (χ1) is 24.8. The lowest BCUT2D eigenvalue weighted by molar-refractivity contribution is -0.144. The van der Waals surface area contributed by atoms with Gasteiger partial charge in [0.25, 0.3) is 0 Å². The molecule has 5 heterocycles. The molecule has 0 radical (unpaired) electrons. The van der Waals surface area contributed by atoms with Gasteiger partial charge in [-0.1, -0.05) is 25.0 Å². The van der Waals surface area contributed by atoms with Crippen LogP contribution in [-0.2, 0) is 31.9 Å². The Labute approximate surface area is 320 Å². The summed E-state index contributed by atoms with van der Waals surface area (Å²) >= 11 is 8.65. The number of nitrogens with zero attached hydrogens (tertiary/aromatic N) is 2. The maximum atomic E-state index is 11.8. The van der Waals surface area contributed by atoms with Gasteiger partial charge in [0.05, 0.1) is 24.9 Å². The lowest BCUT2D eigenvalue weighted by atomic mass is 10.0. The summed E-state index contributed by atoms with van der Waals surface area (Å²) in [4.78, 5) is 33.9. The number of hydrogen-bond acceptors (Lipinski definition) is 11. The van der Waals surface area contributed by atoms with Gasteiger partial charge in [0.2, 0.25) is 0 Å². The average Bonchev–Trinajstić information content (AvgIpc) is 3.95. The molecule has 6 aromatic rings. The first-order valence-electron chi connectivity index (χ1n) is 17.8. The summed E-state index contributed by atoms with van der Waals surface area (Å²) in [6, 6.07) is 18.1. The zero-order valence-electron chi connectivity index (χ0n) is 29.7. The van der Waals surface area contributed by atoms with Gasteiger partial charge < -0.3 is 9.47 Å². The molecule has 0 atom stereocenters. The molecule has 0 N–H and O–H groups in total. The smallest absolute Gasteiger partial charge is 0.305 e. The Morgan fingerprint density at radius 1 is 0.569 bits per heavy atom. The maximum absolute atomic E-state index is 11.8. The van der Waals surface area contributed by atoms with E-state index in [0.717, 1.165) is 73.5 Å². The minimum absolute atomic E-state index is 0.103. The fourth-order valence-electron chi connectivity index (χ4n) is 6.28. The first-order valence-corrected chi connectivity index (χ1v) is 21.8. The number of fused-ring (bicyclic) bond motifs is 1. The van der Waals surface area contributed by atoms with Gasteiger partial charge in [0.15, 0.2) is 0 Å². The lowest BCUT2D eigenvalue weighted by Gasteiger charge is -2.04. The molecule has 6 rings (SSSR count). The zero-order chi connectivity index (χ0) is 35.7. The van der Waals surface area contributed by atoms with Crippen molar-refractivity contribution in [2.24, 2.45) is 0 Å². The molecule has 0 aliphatic carbocycles. The Morgan fingerprint density at radius 2 is 1.02 bits per heavy atom. The number of hydrogen-bond donors (Lipinski definition) is 0. The molecule has 5 aromatic heterocycles. The number of thiophene rings is 4. The van der Waals surface area contributed by atoms with Crippen molar-refractivity contribution in [3.8, 4) is 40.4 Å². The zero-order valence-corrected chi connectivity index (χ0v) is 33.8. The van der Waals surface area contributed by atoms with Crippen molar-refractivity contribution in [2.45, 2.75) is 91.9 Å². The van der Waals surface area contributed by atoms with Gasteiger partial charge in [0.1, 0.15) is 11.0 Å². The van der Waals surface area contributed by atoms with E-state index < -0.39 is 0 Å². The fourth-order valence-corrected chi connectivity index (χ4v) is 11.4. The highest BCUT2D eigenvalue weighted by atomic mass is 32.1. The number of ether oxygens (including phenoxy) is 2. The van der Waals surface area contributed by atoms with Crippen LogP contribution < -0.4 is 0 Å². The molecule has 1 aromatic carbocycles. The average molecular weight is 777 g/mol. The molecule has 0 unspecified atom stereocenters. The van der Waals surface area contributed by atoms with Crippen molar-refractivity contribution in [3.63, 3.8) is 0 Å². The molecule has 0 saturated carbocycles. The number of unbranched alkanes of at least 4 members (excludes halogenated alkanes) is 4. The SMILES string of the molecule is CCOC(=O)CCCCCc1cc(-c2ccc(-c3cc(CCCCCC(=O)OCC)c(-c4ccc(C)s4)s3)c3nsnc23)sc1-c1ccc(C)s1. The van der Waals surface area contributed by atoms with E-state index in [1.807, 2.05) is 59.2 Å². The highest BCUT2D eigenvalue weighted by Gasteiger charge is 2.21. The number of esters is 2. The number of benzene rings is 1. The third-order valence-electron chi connectivity index (χ3n) is 8.76. The van der Waals surface area contributed by atoms with Crippen LogP contribution >= 0.6 is 57.1 Å². The summed E-state index contributed by atoms with van der Waals surface area (Å²) in [6.07, 6.45) is 8.64. The molecule has 268 valence electrons. The Kier molecular flexibility index (Phi) is 13.3. The van der Waals surface area contributed by atoms with E-state index in [2.05, 4.69) is 62.4 Å². The van der Waals surface area contributed by atoms with Crippen LogP contribution in [0.5, 0.6) is 0 Å². The number of aromatic nitrogens is 2. The topological polar surface area (TPSA) is 78.4 Å². The molecular formula is C40H44N2O4S5. The van der Waals surface area contributed by atoms with E-state index in [1.165, 1.54) is 61.9 Å². The third-order valence-corrected chi connectivity index (χ3v) is 14.1. The van der Waals surface area contributed by atoms with Gasteiger partial charge in [-0.2, -0.15) is 8.75 Å². The first kappa shape index (κ1) is 37.5. The number of carbonyl (C=O) groups excluding carboxylic acids is 2. The molecule has 0 saturated heterocycles. The van der Waals surface area contributed by atoms with Gasteiger partial charge in [-0.3, -0.25) is 9.59 Å². The largest absolute Gasteiger partial charge is 0.466 e. The van der Waals surface area contributed by atoms with Crippen LogP contribution in [-0.4, -0.2) is 33.9 Å². The normalized spacial score (nSPS) is 11.5. The van der Waals surface area contributed by atoms with E-state index in [1.54, 1.807) is 0 Å². The second-order valence-corrected chi connectivity index (χ2v) is 17.8. The van der Waals surface area contributed by atoms with Crippen molar-refractivity contribution in [1.29, 1.82) is 0 Å². The van der Waals surface area contributed by atoms with E-state index in [0.29, 0.717) is 26.1 Å². The molecule has 0 aliphatic rings. The van der Waals surface area contributed by atoms with Crippen molar-refractivity contribution in [1.82, 2.24) is 8.75 Å². The molecule has 0 fully saturated rings. The second kappa shape index (κ2) is 18.0. The van der Waals surface area contributed by atoms with Gasteiger partial charge in [-0.15, -0.1) is 45.3 Å². The highest BCUT2D eigenvalue weighted by molar-refractivity contribution is 7.24. The monoisotopic (exact) mass is 776 g/mol. The van der Waals surface area contributed by atoms with E-state index in [-0.39, 0.29) is 11.9 Å². The van der Waals surface area contributed by atoms with E-state index >= 15 is 0 Å². The molecule has 0 spiro atoms. The van der Waals surface area contributed by atoms with Gasteiger partial charge >= 0.3 is 11.9 Å². The summed E-state index contributed by atoms with van der Waals surface area (Å²) < 4.78 is 20.0. The van der Waals surface area contributed by atoms with Crippen LogP contribution in [0.4, 0.5) is 0 Å². The van der Waals surface area contributed by atoms with Gasteiger partial charge in [-0.25, -0.2) is 0 Å². The summed E-state index contributed by atoms with van der Waals surface area (Å²) in [5.74, 6) is -0.206. The number of carbonyl (C=O) groups is 2. The van der Waals surface area contributed by atoms with Crippen LogP contribution in [0.3, 0.4) is 0 Å². The minimum atomic E-state index is -0.103. The Hall–Kier alpha value is -3.22. The molecular weight excluding hydrogens is 733 g/mol. The van der Waals surface area contributed by atoms with Gasteiger partial charge in [-0.05, 0) is 114 Å². The van der Waals surface area contributed by atoms with Crippen LogP contribution in [0.15, 0.2) is 48.5 Å². The summed E-state index contributed by atoms with van der Waals surface area (Å²) in [5, 5.41) is 0. The van der Waals surface area contributed by atoms with Gasteiger partial charge in [0, 0.05) is 63.0 Å². The van der Waals surface area contributed by atoms with Crippen LogP contribution in [0.1, 0.15) is 86.1 Å². The number of aryl methyl sites for hydroxylation is 4. The molecule has 6 nitrogen and oxygen atoms in total. The van der Waals surface area contributed by atoms with E-state index in [9.17, 15) is 9.59 Å². The maximum Gasteiger partial charge on any atom is 0.305 e. The molecule has 51 heavy (non-hydrogen) atoms. The fraction of sp³-hybridized carbons (Fsp3) is 0.400. The predicted octanol–water partition coefficient (Wildman–Crippen LogP) is 12.6. The molecule has 11 heteroatoms. The van der Waals surface area contributed by atoms with E-state index in [4.69, 9.17) is 18.2 Å². The second-order valence-electron chi connectivity index (χ2n) is 12.6. The Balaban J connectivity index is 1.26. The summed E-state index contributed by atoms with van der Waals surface area (Å²) in [5.41, 5.74) is 6.88. The van der Waals surface area contributed by atoms with Crippen LogP contribution in [0.2, 0.25) is 0 Å². The lowest BCUT2D eigenvalue weighted by Crippen LogP contribution is -2.03. The molecule has 0 amide bonds.